The summed E-state index contributed by atoms with van der Waals surface area (Å²) in [5.41, 5.74) is 1.66. The lowest BCUT2D eigenvalue weighted by atomic mass is 9.95. The van der Waals surface area contributed by atoms with Crippen molar-refractivity contribution in [3.05, 3.63) is 53.1 Å². The van der Waals surface area contributed by atoms with Gasteiger partial charge in [0.2, 0.25) is 0 Å². The zero-order valence-corrected chi connectivity index (χ0v) is 17.9. The van der Waals surface area contributed by atoms with Crippen LogP contribution in [0.25, 0.3) is 11.1 Å². The molecule has 0 aliphatic heterocycles. The van der Waals surface area contributed by atoms with Crippen LogP contribution in [0, 0.1) is 11.6 Å². The average molecular weight is 404 g/mol. The van der Waals surface area contributed by atoms with Crippen LogP contribution < -0.4 is 4.74 Å². The number of rotatable bonds is 10. The predicted octanol–water partition coefficient (Wildman–Crippen LogP) is 6.25. The molecule has 2 rings (SSSR count). The van der Waals surface area contributed by atoms with Crippen molar-refractivity contribution in [1.29, 1.82) is 0 Å². The third-order valence-corrected chi connectivity index (χ3v) is 4.93. The van der Waals surface area contributed by atoms with E-state index in [9.17, 15) is 9.18 Å². The first-order valence-electron chi connectivity index (χ1n) is 10.5. The van der Waals surface area contributed by atoms with Gasteiger partial charge in [0.25, 0.3) is 5.91 Å². The summed E-state index contributed by atoms with van der Waals surface area (Å²) in [6.07, 6.45) is 3.30. The number of hydrogen-bond acceptors (Lipinski definition) is 2. The molecule has 2 aromatic rings. The number of hydrogen-bond donors (Lipinski definition) is 0. The standard InChI is InChI=1S/C24H31F2NO2/c1-5-9-13-29-21-12-11-20(18-14-17(10-6-2)15-19(25)16-18)22(23(21)26)24(28)27(7-3)8-4/h11-12,14-16H,5-10,13H2,1-4H3. The van der Waals surface area contributed by atoms with Crippen molar-refractivity contribution in [1.82, 2.24) is 4.90 Å². The minimum atomic E-state index is -0.684. The van der Waals surface area contributed by atoms with E-state index in [2.05, 4.69) is 0 Å². The summed E-state index contributed by atoms with van der Waals surface area (Å²) in [6.45, 7) is 9.03. The maximum Gasteiger partial charge on any atom is 0.257 e. The van der Waals surface area contributed by atoms with Crippen LogP contribution in [0.4, 0.5) is 8.78 Å². The molecule has 0 aliphatic carbocycles. The summed E-state index contributed by atoms with van der Waals surface area (Å²) in [4.78, 5) is 14.7. The van der Waals surface area contributed by atoms with Crippen LogP contribution >= 0.6 is 0 Å². The Kier molecular flexibility index (Phi) is 8.62. The summed E-state index contributed by atoms with van der Waals surface area (Å²) in [5, 5.41) is 0. The fourth-order valence-electron chi connectivity index (χ4n) is 3.35. The van der Waals surface area contributed by atoms with Crippen molar-refractivity contribution < 1.29 is 18.3 Å². The number of ether oxygens (including phenoxy) is 1. The van der Waals surface area contributed by atoms with Gasteiger partial charge < -0.3 is 9.64 Å². The van der Waals surface area contributed by atoms with Gasteiger partial charge in [-0.25, -0.2) is 8.78 Å². The Labute approximate surface area is 172 Å². The summed E-state index contributed by atoms with van der Waals surface area (Å²) in [7, 11) is 0. The molecule has 0 atom stereocenters. The Morgan fingerprint density at radius 1 is 1.00 bits per heavy atom. The smallest absolute Gasteiger partial charge is 0.257 e. The Balaban J connectivity index is 2.62. The molecule has 3 nitrogen and oxygen atoms in total. The van der Waals surface area contributed by atoms with Crippen molar-refractivity contribution in [2.45, 2.75) is 53.4 Å². The van der Waals surface area contributed by atoms with E-state index in [0.717, 1.165) is 24.8 Å². The lowest BCUT2D eigenvalue weighted by molar-refractivity contribution is 0.0768. The molecule has 0 unspecified atom stereocenters. The number of nitrogens with zero attached hydrogens (tertiary/aromatic N) is 1. The molecule has 5 heteroatoms. The molecule has 1 amide bonds. The van der Waals surface area contributed by atoms with Crippen LogP contribution in [-0.2, 0) is 6.42 Å². The predicted molar refractivity (Wildman–Crippen MR) is 113 cm³/mol. The molecule has 0 fully saturated rings. The molecule has 0 saturated heterocycles. The van der Waals surface area contributed by atoms with Crippen molar-refractivity contribution in [3.8, 4) is 16.9 Å². The Bertz CT molecular complexity index is 832. The average Bonchev–Trinajstić information content (AvgIpc) is 2.69. The molecule has 158 valence electrons. The van der Waals surface area contributed by atoms with Crippen LogP contribution in [0.3, 0.4) is 0 Å². The number of aryl methyl sites for hydroxylation is 1. The monoisotopic (exact) mass is 403 g/mol. The highest BCUT2D eigenvalue weighted by Crippen LogP contribution is 2.33. The summed E-state index contributed by atoms with van der Waals surface area (Å²) in [5.74, 6) is -1.43. The van der Waals surface area contributed by atoms with Gasteiger partial charge in [0, 0.05) is 13.1 Å². The van der Waals surface area contributed by atoms with E-state index >= 15 is 4.39 Å². The first kappa shape index (κ1) is 22.9. The van der Waals surface area contributed by atoms with E-state index in [1.807, 2.05) is 33.8 Å². The molecule has 0 saturated carbocycles. The van der Waals surface area contributed by atoms with Crippen molar-refractivity contribution >= 4 is 5.91 Å². The van der Waals surface area contributed by atoms with Crippen molar-refractivity contribution in [2.24, 2.45) is 0 Å². The minimum absolute atomic E-state index is 0.0582. The normalized spacial score (nSPS) is 10.8. The van der Waals surface area contributed by atoms with Gasteiger partial charge in [-0.05, 0) is 67.6 Å². The van der Waals surface area contributed by atoms with E-state index in [1.54, 1.807) is 11.0 Å². The SMILES string of the molecule is CCCCOc1ccc(-c2cc(F)cc(CCC)c2)c(C(=O)N(CC)CC)c1F. The van der Waals surface area contributed by atoms with Crippen LogP contribution in [0.1, 0.15) is 62.9 Å². The molecule has 0 N–H and O–H groups in total. The van der Waals surface area contributed by atoms with E-state index in [0.29, 0.717) is 37.2 Å². The molecular formula is C24H31F2NO2. The minimum Gasteiger partial charge on any atom is -0.490 e. The van der Waals surface area contributed by atoms with Gasteiger partial charge in [-0.1, -0.05) is 32.8 Å². The summed E-state index contributed by atoms with van der Waals surface area (Å²) in [6, 6.07) is 7.86. The Hall–Kier alpha value is -2.43. The zero-order chi connectivity index (χ0) is 21.4. The number of benzene rings is 2. The molecule has 0 heterocycles. The molecule has 0 radical (unpaired) electrons. The van der Waals surface area contributed by atoms with Gasteiger partial charge in [-0.3, -0.25) is 4.79 Å². The van der Waals surface area contributed by atoms with Gasteiger partial charge in [-0.2, -0.15) is 0 Å². The van der Waals surface area contributed by atoms with Gasteiger partial charge in [0.05, 0.1) is 12.2 Å². The van der Waals surface area contributed by atoms with Crippen molar-refractivity contribution in [2.75, 3.05) is 19.7 Å². The van der Waals surface area contributed by atoms with Crippen LogP contribution in [0.5, 0.6) is 5.75 Å². The quantitative estimate of drug-likeness (QED) is 0.439. The summed E-state index contributed by atoms with van der Waals surface area (Å²) >= 11 is 0. The largest absolute Gasteiger partial charge is 0.490 e. The maximum absolute atomic E-state index is 15.4. The number of carbonyl (C=O) groups is 1. The highest BCUT2D eigenvalue weighted by Gasteiger charge is 2.25. The molecule has 0 aliphatic rings. The molecule has 29 heavy (non-hydrogen) atoms. The highest BCUT2D eigenvalue weighted by molar-refractivity contribution is 6.01. The lowest BCUT2D eigenvalue weighted by Gasteiger charge is -2.22. The molecule has 0 bridgehead atoms. The number of carbonyl (C=O) groups excluding carboxylic acids is 1. The third-order valence-electron chi connectivity index (χ3n) is 4.93. The fourth-order valence-corrected chi connectivity index (χ4v) is 3.35. The molecule has 0 spiro atoms. The second-order valence-electron chi connectivity index (χ2n) is 7.08. The topological polar surface area (TPSA) is 29.5 Å². The Morgan fingerprint density at radius 2 is 1.72 bits per heavy atom. The molecule has 0 aromatic heterocycles. The number of amides is 1. The number of unbranched alkanes of at least 4 members (excludes halogenated alkanes) is 1. The first-order valence-corrected chi connectivity index (χ1v) is 10.5. The van der Waals surface area contributed by atoms with Gasteiger partial charge in [-0.15, -0.1) is 0 Å². The van der Waals surface area contributed by atoms with E-state index in [-0.39, 0.29) is 11.3 Å². The second-order valence-corrected chi connectivity index (χ2v) is 7.08. The second kappa shape index (κ2) is 10.9. The summed E-state index contributed by atoms with van der Waals surface area (Å²) < 4.78 is 35.2. The fraction of sp³-hybridized carbons (Fsp3) is 0.458. The van der Waals surface area contributed by atoms with Crippen LogP contribution in [0.2, 0.25) is 0 Å². The molecule has 2 aromatic carbocycles. The Morgan fingerprint density at radius 3 is 2.34 bits per heavy atom. The number of halogens is 2. The van der Waals surface area contributed by atoms with E-state index < -0.39 is 17.5 Å². The highest BCUT2D eigenvalue weighted by atomic mass is 19.1. The molecular weight excluding hydrogens is 372 g/mol. The van der Waals surface area contributed by atoms with Crippen LogP contribution in [0.15, 0.2) is 30.3 Å². The van der Waals surface area contributed by atoms with E-state index in [4.69, 9.17) is 4.74 Å². The zero-order valence-electron chi connectivity index (χ0n) is 17.9. The first-order chi connectivity index (χ1) is 14.0. The lowest BCUT2D eigenvalue weighted by Crippen LogP contribution is -2.31. The van der Waals surface area contributed by atoms with Gasteiger partial charge in [0.1, 0.15) is 5.82 Å². The van der Waals surface area contributed by atoms with Crippen LogP contribution in [-0.4, -0.2) is 30.5 Å². The van der Waals surface area contributed by atoms with Gasteiger partial charge in [0.15, 0.2) is 11.6 Å². The van der Waals surface area contributed by atoms with Crippen molar-refractivity contribution in [3.63, 3.8) is 0 Å². The van der Waals surface area contributed by atoms with Gasteiger partial charge >= 0.3 is 0 Å². The third kappa shape index (κ3) is 5.55. The maximum atomic E-state index is 15.4. The van der Waals surface area contributed by atoms with E-state index in [1.165, 1.54) is 18.2 Å².